The Morgan fingerprint density at radius 2 is 2.17 bits per heavy atom. The number of hydrogen-bond donors (Lipinski definition) is 1. The molecule has 0 spiro atoms. The highest BCUT2D eigenvalue weighted by Gasteiger charge is 2.58. The number of ether oxygens (including phenoxy) is 2. The predicted octanol–water partition coefficient (Wildman–Crippen LogP) is 4.10. The van der Waals surface area contributed by atoms with E-state index in [1.165, 1.54) is 6.92 Å². The summed E-state index contributed by atoms with van der Waals surface area (Å²) in [6.45, 7) is 7.77. The summed E-state index contributed by atoms with van der Waals surface area (Å²) in [6.07, 6.45) is 11.6. The van der Waals surface area contributed by atoms with Crippen LogP contribution in [0.5, 0.6) is 5.75 Å². The molecule has 7 nitrogen and oxygen atoms in total. The molecule has 35 heavy (non-hydrogen) atoms. The van der Waals surface area contributed by atoms with Gasteiger partial charge in [0.1, 0.15) is 5.75 Å². The van der Waals surface area contributed by atoms with Crippen molar-refractivity contribution in [3.05, 3.63) is 72.7 Å². The van der Waals surface area contributed by atoms with Gasteiger partial charge < -0.3 is 19.2 Å². The number of furan rings is 1. The normalized spacial score (nSPS) is 26.7. The van der Waals surface area contributed by atoms with E-state index < -0.39 is 5.60 Å². The minimum absolute atomic E-state index is 0.0110. The highest BCUT2D eigenvalue weighted by Crippen LogP contribution is 2.53. The van der Waals surface area contributed by atoms with Gasteiger partial charge in [-0.3, -0.25) is 14.5 Å². The van der Waals surface area contributed by atoms with Crippen LogP contribution >= 0.6 is 0 Å². The first kappa shape index (κ1) is 24.9. The van der Waals surface area contributed by atoms with Gasteiger partial charge in [0, 0.05) is 50.2 Å². The maximum Gasteiger partial charge on any atom is 0.308 e. The van der Waals surface area contributed by atoms with Crippen LogP contribution in [0.15, 0.2) is 66.0 Å². The summed E-state index contributed by atoms with van der Waals surface area (Å²) in [5.41, 5.74) is 1.14. The van der Waals surface area contributed by atoms with E-state index in [1.807, 2.05) is 18.2 Å². The summed E-state index contributed by atoms with van der Waals surface area (Å²) in [4.78, 5) is 26.7. The second-order valence-electron chi connectivity index (χ2n) is 9.51. The smallest absolute Gasteiger partial charge is 0.308 e. The van der Waals surface area contributed by atoms with Crippen molar-refractivity contribution >= 4 is 18.0 Å². The van der Waals surface area contributed by atoms with Gasteiger partial charge in [-0.25, -0.2) is 0 Å². The van der Waals surface area contributed by atoms with E-state index in [1.54, 1.807) is 43.9 Å². The number of likely N-dealkylation sites (tertiary alicyclic amines) is 1. The van der Waals surface area contributed by atoms with E-state index in [0.29, 0.717) is 5.75 Å². The number of nitrogens with one attached hydrogen (secondary N) is 1. The molecular formula is C28H34N2O5. The minimum Gasteiger partial charge on any atom is -0.472 e. The third-order valence-corrected chi connectivity index (χ3v) is 7.44. The van der Waals surface area contributed by atoms with Gasteiger partial charge in [0.25, 0.3) is 0 Å². The van der Waals surface area contributed by atoms with Crippen LogP contribution in [-0.4, -0.2) is 55.2 Å². The first-order chi connectivity index (χ1) is 16.9. The number of benzene rings is 1. The van der Waals surface area contributed by atoms with Gasteiger partial charge in [0.2, 0.25) is 5.91 Å². The van der Waals surface area contributed by atoms with Crippen LogP contribution in [0.4, 0.5) is 0 Å². The second kappa shape index (κ2) is 10.6. The summed E-state index contributed by atoms with van der Waals surface area (Å²) in [7, 11) is 1.79. The molecule has 186 valence electrons. The molecule has 2 heterocycles. The molecule has 0 radical (unpaired) electrons. The van der Waals surface area contributed by atoms with Crippen LogP contribution in [0.25, 0.3) is 6.08 Å². The standard InChI is InChI=1S/C28H34N2O5/c1-4-14-30-15-13-27(23-6-5-7-25(17-23)35-21(2)31)18-24(10-12-28(27,20-30)33-3)29-26(32)9-8-22-11-16-34-19-22/h4-9,11,16-17,19,24H,1,10,12-15,18,20H2,2-3H3,(H,29,32)/b9-8+/t24-,27-,28-/m0/s1. The lowest BCUT2D eigenvalue weighted by molar-refractivity contribution is -0.149. The molecule has 1 aliphatic carbocycles. The molecule has 1 saturated carbocycles. The van der Waals surface area contributed by atoms with Gasteiger partial charge in [-0.2, -0.15) is 0 Å². The number of piperidine rings is 1. The molecule has 4 rings (SSSR count). The van der Waals surface area contributed by atoms with Gasteiger partial charge in [-0.15, -0.1) is 6.58 Å². The highest BCUT2D eigenvalue weighted by atomic mass is 16.5. The molecule has 1 N–H and O–H groups in total. The monoisotopic (exact) mass is 478 g/mol. The van der Waals surface area contributed by atoms with Crippen molar-refractivity contribution in [1.82, 2.24) is 10.2 Å². The van der Waals surface area contributed by atoms with Crippen LogP contribution in [-0.2, 0) is 19.7 Å². The number of carbonyl (C=O) groups excluding carboxylic acids is 2. The number of fused-ring (bicyclic) bond motifs is 1. The van der Waals surface area contributed by atoms with Gasteiger partial charge in [-0.1, -0.05) is 18.2 Å². The molecule has 2 fully saturated rings. The lowest BCUT2D eigenvalue weighted by Crippen LogP contribution is -2.67. The van der Waals surface area contributed by atoms with E-state index >= 15 is 0 Å². The zero-order valence-corrected chi connectivity index (χ0v) is 20.5. The Labute approximate surface area is 206 Å². The number of carbonyl (C=O) groups is 2. The second-order valence-corrected chi connectivity index (χ2v) is 9.51. The third-order valence-electron chi connectivity index (χ3n) is 7.44. The zero-order valence-electron chi connectivity index (χ0n) is 20.5. The van der Waals surface area contributed by atoms with E-state index in [4.69, 9.17) is 13.9 Å². The molecule has 2 aliphatic rings. The van der Waals surface area contributed by atoms with E-state index in [2.05, 4.69) is 22.9 Å². The van der Waals surface area contributed by atoms with Crippen molar-refractivity contribution in [3.63, 3.8) is 0 Å². The summed E-state index contributed by atoms with van der Waals surface area (Å²) < 4.78 is 16.8. The SMILES string of the molecule is C=CCN1CC[C@@]2(c3cccc(OC(C)=O)c3)C[C@@H](NC(=O)/C=C/c3ccoc3)CC[C@]2(OC)C1. The Morgan fingerprint density at radius 1 is 1.31 bits per heavy atom. The molecule has 1 amide bonds. The molecule has 1 aliphatic heterocycles. The van der Waals surface area contributed by atoms with Gasteiger partial charge in [0.15, 0.2) is 0 Å². The summed E-state index contributed by atoms with van der Waals surface area (Å²) in [5.74, 6) is 0.0442. The predicted molar refractivity (Wildman–Crippen MR) is 134 cm³/mol. The Kier molecular flexibility index (Phi) is 7.57. The minimum atomic E-state index is -0.434. The van der Waals surface area contributed by atoms with Crippen LogP contribution in [0.2, 0.25) is 0 Å². The Morgan fingerprint density at radius 3 is 2.89 bits per heavy atom. The number of hydrogen-bond acceptors (Lipinski definition) is 6. The average molecular weight is 479 g/mol. The molecule has 2 aromatic rings. The Hall–Kier alpha value is -3.16. The first-order valence-corrected chi connectivity index (χ1v) is 12.1. The van der Waals surface area contributed by atoms with Crippen molar-refractivity contribution in [2.45, 2.75) is 49.7 Å². The van der Waals surface area contributed by atoms with Crippen LogP contribution in [0.1, 0.15) is 43.7 Å². The molecule has 1 aromatic carbocycles. The fourth-order valence-electron chi connectivity index (χ4n) is 5.87. The van der Waals surface area contributed by atoms with Crippen LogP contribution < -0.4 is 10.1 Å². The Bertz CT molecular complexity index is 1080. The molecule has 1 saturated heterocycles. The molecule has 1 aromatic heterocycles. The van der Waals surface area contributed by atoms with E-state index in [0.717, 1.165) is 56.4 Å². The third kappa shape index (κ3) is 5.26. The largest absolute Gasteiger partial charge is 0.472 e. The fourth-order valence-corrected chi connectivity index (χ4v) is 5.87. The highest BCUT2D eigenvalue weighted by molar-refractivity contribution is 5.91. The van der Waals surface area contributed by atoms with E-state index in [-0.39, 0.29) is 23.3 Å². The quantitative estimate of drug-likeness (QED) is 0.266. The number of amides is 1. The summed E-state index contributed by atoms with van der Waals surface area (Å²) >= 11 is 0. The molecule has 0 bridgehead atoms. The van der Waals surface area contributed by atoms with Crippen molar-refractivity contribution in [1.29, 1.82) is 0 Å². The number of rotatable bonds is 8. The average Bonchev–Trinajstić information content (AvgIpc) is 3.36. The van der Waals surface area contributed by atoms with Crippen LogP contribution in [0, 0.1) is 0 Å². The summed E-state index contributed by atoms with van der Waals surface area (Å²) in [6, 6.07) is 9.57. The van der Waals surface area contributed by atoms with Crippen molar-refractivity contribution in [2.24, 2.45) is 0 Å². The lowest BCUT2D eigenvalue weighted by atomic mass is 9.55. The van der Waals surface area contributed by atoms with Crippen molar-refractivity contribution in [3.8, 4) is 5.75 Å². The molecule has 7 heteroatoms. The molecule has 0 unspecified atom stereocenters. The maximum absolute atomic E-state index is 12.7. The van der Waals surface area contributed by atoms with Crippen molar-refractivity contribution in [2.75, 3.05) is 26.7 Å². The van der Waals surface area contributed by atoms with Crippen LogP contribution in [0.3, 0.4) is 0 Å². The van der Waals surface area contributed by atoms with Gasteiger partial charge >= 0.3 is 5.97 Å². The van der Waals surface area contributed by atoms with Gasteiger partial charge in [0.05, 0.1) is 18.1 Å². The number of esters is 1. The Balaban J connectivity index is 1.64. The van der Waals surface area contributed by atoms with Crippen molar-refractivity contribution < 1.29 is 23.5 Å². The molecule has 3 atom stereocenters. The molecular weight excluding hydrogens is 444 g/mol. The summed E-state index contributed by atoms with van der Waals surface area (Å²) in [5, 5.41) is 3.21. The first-order valence-electron chi connectivity index (χ1n) is 12.1. The fraction of sp³-hybridized carbons (Fsp3) is 0.429. The lowest BCUT2D eigenvalue weighted by Gasteiger charge is -2.59. The van der Waals surface area contributed by atoms with E-state index in [9.17, 15) is 9.59 Å². The maximum atomic E-state index is 12.7. The topological polar surface area (TPSA) is 81.0 Å². The van der Waals surface area contributed by atoms with Gasteiger partial charge in [-0.05, 0) is 62.1 Å². The zero-order chi connectivity index (χ0) is 24.9. The number of methoxy groups -OCH3 is 1. The number of nitrogens with zero attached hydrogens (tertiary/aromatic N) is 1.